The smallest absolute Gasteiger partial charge is 0.247 e. The van der Waals surface area contributed by atoms with Crippen LogP contribution >= 0.6 is 0 Å². The molecule has 0 unspecified atom stereocenters. The highest BCUT2D eigenvalue weighted by molar-refractivity contribution is 7.89. The molecule has 136 valence electrons. The summed E-state index contributed by atoms with van der Waals surface area (Å²) in [7, 11) is -3.60. The van der Waals surface area contributed by atoms with Gasteiger partial charge < -0.3 is 4.42 Å². The SMILES string of the molecule is Cc1cc(C)c(S(=O)(=O)NCCc2nnc(-c3ccncc3)o2)c(C)c1. The van der Waals surface area contributed by atoms with Crippen molar-refractivity contribution in [2.24, 2.45) is 0 Å². The Kier molecular flexibility index (Phi) is 5.15. The molecule has 0 bridgehead atoms. The fourth-order valence-corrected chi connectivity index (χ4v) is 4.40. The molecule has 0 atom stereocenters. The van der Waals surface area contributed by atoms with Crippen molar-refractivity contribution < 1.29 is 12.8 Å². The zero-order valence-electron chi connectivity index (χ0n) is 14.9. The molecule has 7 nitrogen and oxygen atoms in total. The van der Waals surface area contributed by atoms with Crippen LogP contribution in [0, 0.1) is 20.8 Å². The van der Waals surface area contributed by atoms with E-state index >= 15 is 0 Å². The van der Waals surface area contributed by atoms with Crippen LogP contribution in [0.4, 0.5) is 0 Å². The lowest BCUT2D eigenvalue weighted by molar-refractivity contribution is 0.502. The van der Waals surface area contributed by atoms with Crippen molar-refractivity contribution in [2.75, 3.05) is 6.54 Å². The zero-order valence-corrected chi connectivity index (χ0v) is 15.7. The number of benzene rings is 1. The molecule has 26 heavy (non-hydrogen) atoms. The van der Waals surface area contributed by atoms with Crippen molar-refractivity contribution in [1.82, 2.24) is 19.9 Å². The summed E-state index contributed by atoms with van der Waals surface area (Å²) in [5.41, 5.74) is 3.26. The van der Waals surface area contributed by atoms with Gasteiger partial charge in [-0.15, -0.1) is 10.2 Å². The molecule has 0 aliphatic heterocycles. The van der Waals surface area contributed by atoms with Gasteiger partial charge in [-0.3, -0.25) is 4.98 Å². The number of nitrogens with one attached hydrogen (secondary N) is 1. The van der Waals surface area contributed by atoms with E-state index in [0.717, 1.165) is 22.3 Å². The maximum Gasteiger partial charge on any atom is 0.247 e. The molecule has 1 aromatic carbocycles. The molecular formula is C18H20N4O3S. The molecule has 0 saturated heterocycles. The Bertz CT molecular complexity index is 991. The second kappa shape index (κ2) is 7.35. The fraction of sp³-hybridized carbons (Fsp3) is 0.278. The van der Waals surface area contributed by atoms with E-state index in [1.807, 2.05) is 19.1 Å². The van der Waals surface area contributed by atoms with E-state index < -0.39 is 10.0 Å². The molecule has 0 fully saturated rings. The van der Waals surface area contributed by atoms with Crippen LogP contribution in [0.1, 0.15) is 22.6 Å². The summed E-state index contributed by atoms with van der Waals surface area (Å²) in [6.07, 6.45) is 3.58. The van der Waals surface area contributed by atoms with Crippen molar-refractivity contribution in [3.05, 3.63) is 59.2 Å². The summed E-state index contributed by atoms with van der Waals surface area (Å²) in [4.78, 5) is 4.26. The fourth-order valence-electron chi connectivity index (χ4n) is 2.92. The predicted octanol–water partition coefficient (Wildman–Crippen LogP) is 2.58. The number of sulfonamides is 1. The highest BCUT2D eigenvalue weighted by Gasteiger charge is 2.20. The van der Waals surface area contributed by atoms with Gasteiger partial charge in [0.15, 0.2) is 0 Å². The number of nitrogens with zero attached hydrogens (tertiary/aromatic N) is 3. The lowest BCUT2D eigenvalue weighted by Gasteiger charge is -2.12. The summed E-state index contributed by atoms with van der Waals surface area (Å²) in [6, 6.07) is 7.26. The van der Waals surface area contributed by atoms with Gasteiger partial charge in [-0.25, -0.2) is 13.1 Å². The van der Waals surface area contributed by atoms with Gasteiger partial charge in [-0.1, -0.05) is 17.7 Å². The highest BCUT2D eigenvalue weighted by atomic mass is 32.2. The standard InChI is InChI=1S/C18H20N4O3S/c1-12-10-13(2)17(14(3)11-12)26(23,24)20-9-6-16-21-22-18(25-16)15-4-7-19-8-5-15/h4-5,7-8,10-11,20H,6,9H2,1-3H3. The number of aromatic nitrogens is 3. The summed E-state index contributed by atoms with van der Waals surface area (Å²) in [5.74, 6) is 0.757. The lowest BCUT2D eigenvalue weighted by Crippen LogP contribution is -2.27. The molecule has 3 rings (SSSR count). The first-order valence-electron chi connectivity index (χ1n) is 8.17. The molecular weight excluding hydrogens is 352 g/mol. The Morgan fingerprint density at radius 1 is 1.04 bits per heavy atom. The molecule has 0 aliphatic carbocycles. The minimum absolute atomic E-state index is 0.174. The number of aryl methyl sites for hydroxylation is 3. The molecule has 2 heterocycles. The number of rotatable bonds is 6. The van der Waals surface area contributed by atoms with Crippen LogP contribution in [0.2, 0.25) is 0 Å². The van der Waals surface area contributed by atoms with E-state index in [-0.39, 0.29) is 6.54 Å². The third-order valence-corrected chi connectivity index (χ3v) is 5.66. The van der Waals surface area contributed by atoms with Crippen molar-refractivity contribution in [1.29, 1.82) is 0 Å². The monoisotopic (exact) mass is 372 g/mol. The molecule has 0 saturated carbocycles. The van der Waals surface area contributed by atoms with Crippen LogP contribution in [0.3, 0.4) is 0 Å². The number of pyridine rings is 1. The largest absolute Gasteiger partial charge is 0.421 e. The van der Waals surface area contributed by atoms with Crippen LogP contribution in [0.15, 0.2) is 46.0 Å². The molecule has 2 aromatic heterocycles. The lowest BCUT2D eigenvalue weighted by atomic mass is 10.1. The first-order valence-corrected chi connectivity index (χ1v) is 9.65. The number of hydrogen-bond donors (Lipinski definition) is 1. The first kappa shape index (κ1) is 18.2. The van der Waals surface area contributed by atoms with Crippen LogP contribution in [-0.4, -0.2) is 30.1 Å². The average molecular weight is 372 g/mol. The van der Waals surface area contributed by atoms with Gasteiger partial charge in [-0.2, -0.15) is 0 Å². The molecule has 0 aliphatic rings. The average Bonchev–Trinajstić information content (AvgIpc) is 3.03. The molecule has 1 N–H and O–H groups in total. The maximum atomic E-state index is 12.6. The number of hydrogen-bond acceptors (Lipinski definition) is 6. The minimum atomic E-state index is -3.60. The van der Waals surface area contributed by atoms with Crippen molar-refractivity contribution >= 4 is 10.0 Å². The van der Waals surface area contributed by atoms with Crippen LogP contribution < -0.4 is 4.72 Å². The summed E-state index contributed by atoms with van der Waals surface area (Å²) >= 11 is 0. The van der Waals surface area contributed by atoms with E-state index in [2.05, 4.69) is 19.9 Å². The Morgan fingerprint density at radius 2 is 1.69 bits per heavy atom. The van der Waals surface area contributed by atoms with Gasteiger partial charge in [0.1, 0.15) is 0 Å². The van der Waals surface area contributed by atoms with Gasteiger partial charge in [0, 0.05) is 30.9 Å². The van der Waals surface area contributed by atoms with Gasteiger partial charge in [0.05, 0.1) is 4.90 Å². The van der Waals surface area contributed by atoms with E-state index in [0.29, 0.717) is 23.1 Å². The van der Waals surface area contributed by atoms with Crippen LogP contribution in [-0.2, 0) is 16.4 Å². The minimum Gasteiger partial charge on any atom is -0.421 e. The molecule has 0 radical (unpaired) electrons. The summed E-state index contributed by atoms with van der Waals surface area (Å²) < 4.78 is 33.4. The third-order valence-electron chi connectivity index (χ3n) is 3.90. The van der Waals surface area contributed by atoms with Gasteiger partial charge in [0.2, 0.25) is 21.8 Å². The van der Waals surface area contributed by atoms with Crippen LogP contribution in [0.25, 0.3) is 11.5 Å². The Morgan fingerprint density at radius 3 is 2.35 bits per heavy atom. The molecule has 8 heteroatoms. The molecule has 3 aromatic rings. The van der Waals surface area contributed by atoms with Crippen LogP contribution in [0.5, 0.6) is 0 Å². The highest BCUT2D eigenvalue weighted by Crippen LogP contribution is 2.21. The van der Waals surface area contributed by atoms with Gasteiger partial charge >= 0.3 is 0 Å². The topological polar surface area (TPSA) is 98.0 Å². The van der Waals surface area contributed by atoms with Crippen molar-refractivity contribution in [3.8, 4) is 11.5 Å². The second-order valence-electron chi connectivity index (χ2n) is 6.11. The van der Waals surface area contributed by atoms with Crippen molar-refractivity contribution in [2.45, 2.75) is 32.1 Å². The third kappa shape index (κ3) is 3.97. The Labute approximate surface area is 152 Å². The normalized spacial score (nSPS) is 11.7. The van der Waals surface area contributed by atoms with E-state index in [9.17, 15) is 8.42 Å². The van der Waals surface area contributed by atoms with Crippen molar-refractivity contribution in [3.63, 3.8) is 0 Å². The van der Waals surface area contributed by atoms with Gasteiger partial charge in [-0.05, 0) is 44.0 Å². The molecule has 0 spiro atoms. The zero-order chi connectivity index (χ0) is 18.7. The summed E-state index contributed by atoms with van der Waals surface area (Å²) in [5, 5.41) is 7.94. The van der Waals surface area contributed by atoms with E-state index in [1.54, 1.807) is 38.4 Å². The summed E-state index contributed by atoms with van der Waals surface area (Å²) in [6.45, 7) is 5.72. The first-order chi connectivity index (χ1) is 12.4. The van der Waals surface area contributed by atoms with E-state index in [1.165, 1.54) is 0 Å². The Hall–Kier alpha value is -2.58. The predicted molar refractivity (Wildman–Crippen MR) is 97.1 cm³/mol. The second-order valence-corrected chi connectivity index (χ2v) is 7.82. The van der Waals surface area contributed by atoms with E-state index in [4.69, 9.17) is 4.42 Å². The maximum absolute atomic E-state index is 12.6. The molecule has 0 amide bonds. The van der Waals surface area contributed by atoms with Gasteiger partial charge in [0.25, 0.3) is 0 Å². The Balaban J connectivity index is 1.68. The quantitative estimate of drug-likeness (QED) is 0.714.